The van der Waals surface area contributed by atoms with Gasteiger partial charge >= 0.3 is 0 Å². The number of benzene rings is 1. The molecular weight excluding hydrogens is 364 g/mol. The van der Waals surface area contributed by atoms with Gasteiger partial charge < -0.3 is 10.3 Å². The van der Waals surface area contributed by atoms with E-state index in [-0.39, 0.29) is 11.8 Å². The number of aromatic nitrogens is 5. The van der Waals surface area contributed by atoms with E-state index in [9.17, 15) is 4.79 Å². The monoisotopic (exact) mass is 382 g/mol. The first-order valence-electron chi connectivity index (χ1n) is 8.79. The molecule has 0 atom stereocenters. The Morgan fingerprint density at radius 3 is 2.96 bits per heavy atom. The van der Waals surface area contributed by atoms with Crippen molar-refractivity contribution in [1.82, 2.24) is 29.9 Å². The number of H-pyrrole nitrogens is 1. The van der Waals surface area contributed by atoms with Crippen molar-refractivity contribution in [1.29, 1.82) is 0 Å². The molecule has 0 spiro atoms. The number of nitrogens with one attached hydrogen (secondary N) is 2. The molecule has 4 aromatic rings. The van der Waals surface area contributed by atoms with Crippen LogP contribution in [0.2, 0.25) is 5.02 Å². The molecule has 27 heavy (non-hydrogen) atoms. The first-order valence-corrected chi connectivity index (χ1v) is 9.16. The van der Waals surface area contributed by atoms with Gasteiger partial charge in [-0.05, 0) is 30.3 Å². The summed E-state index contributed by atoms with van der Waals surface area (Å²) in [6, 6.07) is 9.10. The molecule has 0 aliphatic rings. The summed E-state index contributed by atoms with van der Waals surface area (Å²) >= 11 is 5.99. The number of fused-ring (bicyclic) bond motifs is 2. The Bertz CT molecular complexity index is 1130. The van der Waals surface area contributed by atoms with Crippen LogP contribution in [-0.2, 0) is 6.42 Å². The molecule has 0 fully saturated rings. The molecule has 0 unspecified atom stereocenters. The zero-order valence-electron chi connectivity index (χ0n) is 15.0. The number of hydrogen-bond donors (Lipinski definition) is 2. The predicted octanol–water partition coefficient (Wildman–Crippen LogP) is 3.35. The van der Waals surface area contributed by atoms with Crippen LogP contribution >= 0.6 is 11.6 Å². The van der Waals surface area contributed by atoms with Crippen LogP contribution in [0.15, 0.2) is 36.5 Å². The number of nitrogens with zero attached hydrogens (tertiary/aromatic N) is 4. The second kappa shape index (κ2) is 7.00. The van der Waals surface area contributed by atoms with Crippen LogP contribution in [-0.4, -0.2) is 37.0 Å². The Balaban J connectivity index is 1.47. The van der Waals surface area contributed by atoms with Crippen LogP contribution in [0.25, 0.3) is 16.7 Å². The average molecular weight is 383 g/mol. The van der Waals surface area contributed by atoms with Gasteiger partial charge in [0.25, 0.3) is 5.91 Å². The van der Waals surface area contributed by atoms with Crippen molar-refractivity contribution in [2.75, 3.05) is 6.54 Å². The molecule has 0 aliphatic heterocycles. The Morgan fingerprint density at radius 2 is 2.15 bits per heavy atom. The first-order chi connectivity index (χ1) is 13.0. The van der Waals surface area contributed by atoms with Crippen molar-refractivity contribution in [2.45, 2.75) is 26.2 Å². The molecule has 138 valence electrons. The number of halogens is 1. The van der Waals surface area contributed by atoms with Gasteiger partial charge in [0.05, 0.1) is 16.6 Å². The van der Waals surface area contributed by atoms with Crippen molar-refractivity contribution >= 4 is 34.2 Å². The maximum absolute atomic E-state index is 12.6. The molecular formula is C19H19ClN6O. The number of carbonyl (C=O) groups excluding carboxylic acids is 1. The Labute approximate surface area is 160 Å². The number of carbonyl (C=O) groups is 1. The summed E-state index contributed by atoms with van der Waals surface area (Å²) in [4.78, 5) is 20.3. The van der Waals surface area contributed by atoms with Crippen LogP contribution in [0.3, 0.4) is 0 Å². The zero-order chi connectivity index (χ0) is 19.0. The van der Waals surface area contributed by atoms with Crippen molar-refractivity contribution in [3.05, 3.63) is 58.8 Å². The highest BCUT2D eigenvalue weighted by atomic mass is 35.5. The molecule has 0 radical (unpaired) electrons. The highest BCUT2D eigenvalue weighted by Crippen LogP contribution is 2.18. The third kappa shape index (κ3) is 3.38. The van der Waals surface area contributed by atoms with Gasteiger partial charge in [0.1, 0.15) is 11.6 Å². The van der Waals surface area contributed by atoms with Gasteiger partial charge in [-0.2, -0.15) is 0 Å². The molecule has 1 amide bonds. The van der Waals surface area contributed by atoms with Gasteiger partial charge in [0, 0.05) is 30.1 Å². The van der Waals surface area contributed by atoms with E-state index >= 15 is 0 Å². The topological polar surface area (TPSA) is 88.0 Å². The first kappa shape index (κ1) is 17.5. The molecule has 4 rings (SSSR count). The third-order valence-corrected chi connectivity index (χ3v) is 4.60. The normalized spacial score (nSPS) is 11.6. The van der Waals surface area contributed by atoms with E-state index < -0.39 is 0 Å². The van der Waals surface area contributed by atoms with Gasteiger partial charge in [0.2, 0.25) is 0 Å². The highest BCUT2D eigenvalue weighted by Gasteiger charge is 2.16. The van der Waals surface area contributed by atoms with Crippen LogP contribution in [0.5, 0.6) is 0 Å². The molecule has 7 nitrogen and oxygen atoms in total. The SMILES string of the molecule is CC(C)c1nnc2c(C(=O)NCCc3nc4ccc(Cl)cc4[nH]3)cccn12. The Hall–Kier alpha value is -2.93. The number of amides is 1. The van der Waals surface area contributed by atoms with Gasteiger partial charge in [0.15, 0.2) is 5.65 Å². The number of pyridine rings is 1. The molecule has 0 saturated heterocycles. The smallest absolute Gasteiger partial charge is 0.255 e. The number of imidazole rings is 1. The van der Waals surface area contributed by atoms with Gasteiger partial charge in [-0.3, -0.25) is 9.20 Å². The fourth-order valence-corrected chi connectivity index (χ4v) is 3.22. The second-order valence-corrected chi connectivity index (χ2v) is 7.12. The van der Waals surface area contributed by atoms with E-state index in [2.05, 4.69) is 25.5 Å². The number of rotatable bonds is 5. The summed E-state index contributed by atoms with van der Waals surface area (Å²) in [6.07, 6.45) is 2.46. The summed E-state index contributed by atoms with van der Waals surface area (Å²) in [5, 5.41) is 12.0. The summed E-state index contributed by atoms with van der Waals surface area (Å²) in [5.74, 6) is 1.68. The molecule has 3 heterocycles. The van der Waals surface area contributed by atoms with Crippen LogP contribution in [0.4, 0.5) is 0 Å². The van der Waals surface area contributed by atoms with E-state index in [0.717, 1.165) is 22.7 Å². The van der Waals surface area contributed by atoms with Crippen LogP contribution in [0.1, 0.15) is 41.8 Å². The molecule has 0 aliphatic carbocycles. The molecule has 0 bridgehead atoms. The quantitative estimate of drug-likeness (QED) is 0.554. The molecule has 2 N–H and O–H groups in total. The number of aromatic amines is 1. The summed E-state index contributed by atoms with van der Waals surface area (Å²) in [7, 11) is 0. The molecule has 0 saturated carbocycles. The van der Waals surface area contributed by atoms with Gasteiger partial charge in [-0.25, -0.2) is 4.98 Å². The minimum Gasteiger partial charge on any atom is -0.351 e. The fourth-order valence-electron chi connectivity index (χ4n) is 3.05. The zero-order valence-corrected chi connectivity index (χ0v) is 15.8. The lowest BCUT2D eigenvalue weighted by Gasteiger charge is -2.06. The molecule has 3 aromatic heterocycles. The lowest BCUT2D eigenvalue weighted by atomic mass is 10.2. The summed E-state index contributed by atoms with van der Waals surface area (Å²) in [6.45, 7) is 4.55. The Morgan fingerprint density at radius 1 is 1.30 bits per heavy atom. The average Bonchev–Trinajstić information content (AvgIpc) is 3.24. The second-order valence-electron chi connectivity index (χ2n) is 6.68. The maximum atomic E-state index is 12.6. The van der Waals surface area contributed by atoms with Crippen molar-refractivity contribution in [2.24, 2.45) is 0 Å². The van der Waals surface area contributed by atoms with E-state index in [1.807, 2.05) is 42.6 Å². The van der Waals surface area contributed by atoms with Crippen molar-refractivity contribution < 1.29 is 4.79 Å². The fraction of sp³-hybridized carbons (Fsp3) is 0.263. The van der Waals surface area contributed by atoms with E-state index in [0.29, 0.717) is 29.2 Å². The standard InChI is InChI=1S/C19H19ClN6O/c1-11(2)17-24-25-18-13(4-3-9-26(17)18)19(27)21-8-7-16-22-14-6-5-12(20)10-15(14)23-16/h3-6,9-11H,7-8H2,1-2H3,(H,21,27)(H,22,23). The lowest BCUT2D eigenvalue weighted by Crippen LogP contribution is -2.26. The van der Waals surface area contributed by atoms with Crippen molar-refractivity contribution in [3.8, 4) is 0 Å². The maximum Gasteiger partial charge on any atom is 0.255 e. The Kier molecular flexibility index (Phi) is 4.53. The predicted molar refractivity (Wildman–Crippen MR) is 104 cm³/mol. The summed E-state index contributed by atoms with van der Waals surface area (Å²) < 4.78 is 1.86. The number of hydrogen-bond acceptors (Lipinski definition) is 4. The van der Waals surface area contributed by atoms with Crippen molar-refractivity contribution in [3.63, 3.8) is 0 Å². The van der Waals surface area contributed by atoms with E-state index in [1.54, 1.807) is 12.1 Å². The highest BCUT2D eigenvalue weighted by molar-refractivity contribution is 6.31. The van der Waals surface area contributed by atoms with Gasteiger partial charge in [-0.1, -0.05) is 25.4 Å². The van der Waals surface area contributed by atoms with E-state index in [1.165, 1.54) is 0 Å². The van der Waals surface area contributed by atoms with E-state index in [4.69, 9.17) is 11.6 Å². The summed E-state index contributed by atoms with van der Waals surface area (Å²) in [5.41, 5.74) is 2.82. The van der Waals surface area contributed by atoms with Gasteiger partial charge in [-0.15, -0.1) is 10.2 Å². The third-order valence-electron chi connectivity index (χ3n) is 4.36. The van der Waals surface area contributed by atoms with Crippen LogP contribution in [0, 0.1) is 0 Å². The lowest BCUT2D eigenvalue weighted by molar-refractivity contribution is 0.0955. The largest absolute Gasteiger partial charge is 0.351 e. The van der Waals surface area contributed by atoms with Crippen LogP contribution < -0.4 is 5.32 Å². The minimum absolute atomic E-state index is 0.178. The molecule has 1 aromatic carbocycles. The minimum atomic E-state index is -0.178. The molecule has 8 heteroatoms.